The Morgan fingerprint density at radius 3 is 2.43 bits per heavy atom. The third-order valence-electron chi connectivity index (χ3n) is 9.64. The number of hydrogen-bond donors (Lipinski definition) is 2. The number of hydrogen-bond acceptors (Lipinski definition) is 4. The van der Waals surface area contributed by atoms with Crippen LogP contribution in [0.4, 0.5) is 5.69 Å². The van der Waals surface area contributed by atoms with Crippen molar-refractivity contribution >= 4 is 58.2 Å². The number of ether oxygens (including phenoxy) is 1. The summed E-state index contributed by atoms with van der Waals surface area (Å²) in [5.74, 6) is -1.72. The lowest BCUT2D eigenvalue weighted by Crippen LogP contribution is -2.58. The molecule has 2 aromatic rings. The first kappa shape index (κ1) is 29.5. The maximum absolute atomic E-state index is 14.2. The summed E-state index contributed by atoms with van der Waals surface area (Å²) >= 11 is 18.4. The summed E-state index contributed by atoms with van der Waals surface area (Å²) in [6.07, 6.45) is 6.62. The molecule has 4 aliphatic rings. The molecule has 10 heteroatoms. The summed E-state index contributed by atoms with van der Waals surface area (Å²) in [5.41, 5.74) is 0.185. The largest absolute Gasteiger partial charge is 0.359 e. The third kappa shape index (κ3) is 5.23. The Balaban J connectivity index is 1.30. The molecular weight excluding hydrogens is 597 g/mol. The fourth-order valence-electron chi connectivity index (χ4n) is 7.31. The van der Waals surface area contributed by atoms with Gasteiger partial charge in [0.15, 0.2) is 0 Å². The Morgan fingerprint density at radius 2 is 1.71 bits per heavy atom. The lowest BCUT2D eigenvalue weighted by atomic mass is 9.73. The fourth-order valence-corrected chi connectivity index (χ4v) is 7.96. The molecule has 2 saturated heterocycles. The van der Waals surface area contributed by atoms with Crippen molar-refractivity contribution < 1.29 is 19.1 Å². The molecule has 3 amide bonds. The van der Waals surface area contributed by atoms with E-state index in [1.807, 2.05) is 36.4 Å². The van der Waals surface area contributed by atoms with Gasteiger partial charge in [0, 0.05) is 33.3 Å². The lowest BCUT2D eigenvalue weighted by Gasteiger charge is -2.38. The maximum atomic E-state index is 14.2. The highest BCUT2D eigenvalue weighted by Gasteiger charge is 2.72. The van der Waals surface area contributed by atoms with Crippen LogP contribution in [0.5, 0.6) is 0 Å². The van der Waals surface area contributed by atoms with Gasteiger partial charge in [0.1, 0.15) is 11.6 Å². The number of anilines is 1. The molecule has 3 fully saturated rings. The van der Waals surface area contributed by atoms with Gasteiger partial charge in [-0.2, -0.15) is 0 Å². The van der Waals surface area contributed by atoms with Gasteiger partial charge in [0.05, 0.1) is 17.9 Å². The Hall–Kier alpha value is -2.58. The minimum atomic E-state index is -1.23. The van der Waals surface area contributed by atoms with Crippen LogP contribution in [0.2, 0.25) is 15.1 Å². The van der Waals surface area contributed by atoms with Gasteiger partial charge in [-0.25, -0.2) is 0 Å². The van der Waals surface area contributed by atoms with Crippen molar-refractivity contribution in [2.45, 2.75) is 63.3 Å². The van der Waals surface area contributed by atoms with Crippen LogP contribution in [0.15, 0.2) is 54.6 Å². The zero-order valence-electron chi connectivity index (χ0n) is 23.5. The topological polar surface area (TPSA) is 87.7 Å². The Kier molecular flexibility index (Phi) is 8.07. The zero-order chi connectivity index (χ0) is 29.8. The molecule has 1 aliphatic carbocycles. The van der Waals surface area contributed by atoms with Crippen molar-refractivity contribution in [3.63, 3.8) is 0 Å². The van der Waals surface area contributed by atoms with Crippen molar-refractivity contribution in [2.24, 2.45) is 23.7 Å². The Labute approximate surface area is 260 Å². The van der Waals surface area contributed by atoms with Crippen molar-refractivity contribution in [1.82, 2.24) is 10.2 Å². The van der Waals surface area contributed by atoms with Crippen LogP contribution in [0.1, 0.15) is 38.7 Å². The quantitative estimate of drug-likeness (QED) is 0.372. The van der Waals surface area contributed by atoms with Gasteiger partial charge in [0.2, 0.25) is 17.7 Å². The number of nitrogens with one attached hydrogen (secondary N) is 2. The van der Waals surface area contributed by atoms with Gasteiger partial charge < -0.3 is 20.3 Å². The van der Waals surface area contributed by atoms with E-state index in [0.717, 1.165) is 24.8 Å². The monoisotopic (exact) mass is 629 g/mol. The number of benzene rings is 2. The summed E-state index contributed by atoms with van der Waals surface area (Å²) in [7, 11) is 0. The molecule has 0 radical (unpaired) electrons. The van der Waals surface area contributed by atoms with E-state index in [-0.39, 0.29) is 23.8 Å². The SMILES string of the molecule is C[C@@H]1[C@H](C)CCC[C@@H]1NC(=O)[C@@H]1N(CCc2ccc(Cl)cc2)C(=O)[C@@H]2[C@@H](C(=O)Nc3cc(Cl)cc(Cl)c3)[C@@H]3C=C[C@]21O3. The number of amides is 3. The van der Waals surface area contributed by atoms with Gasteiger partial charge in [-0.1, -0.05) is 85.8 Å². The van der Waals surface area contributed by atoms with Crippen LogP contribution < -0.4 is 10.6 Å². The number of nitrogens with zero attached hydrogens (tertiary/aromatic N) is 1. The second kappa shape index (κ2) is 11.5. The van der Waals surface area contributed by atoms with Gasteiger partial charge >= 0.3 is 0 Å². The van der Waals surface area contributed by atoms with Gasteiger partial charge in [-0.05, 0) is 60.6 Å². The first-order valence-electron chi connectivity index (χ1n) is 14.6. The molecular formula is C32H34Cl3N3O4. The molecule has 42 heavy (non-hydrogen) atoms. The van der Waals surface area contributed by atoms with Gasteiger partial charge in [-0.15, -0.1) is 0 Å². The van der Waals surface area contributed by atoms with Crippen molar-refractivity contribution in [3.8, 4) is 0 Å². The molecule has 2 bridgehead atoms. The van der Waals surface area contributed by atoms with Crippen molar-refractivity contribution in [2.75, 3.05) is 11.9 Å². The number of carbonyl (C=O) groups is 3. The number of carbonyl (C=O) groups excluding carboxylic acids is 3. The van der Waals surface area contributed by atoms with Gasteiger partial charge in [0.25, 0.3) is 0 Å². The number of likely N-dealkylation sites (tertiary alicyclic amines) is 1. The van der Waals surface area contributed by atoms with E-state index in [9.17, 15) is 14.4 Å². The van der Waals surface area contributed by atoms with Crippen LogP contribution in [0, 0.1) is 23.7 Å². The molecule has 3 aliphatic heterocycles. The molecule has 2 aromatic carbocycles. The fraction of sp³-hybridized carbons (Fsp3) is 0.469. The molecule has 8 atom stereocenters. The molecule has 6 rings (SSSR count). The average Bonchev–Trinajstić information content (AvgIpc) is 3.57. The second-order valence-electron chi connectivity index (χ2n) is 12.1. The Morgan fingerprint density at radius 1 is 1.00 bits per heavy atom. The molecule has 1 saturated carbocycles. The van der Waals surface area contributed by atoms with Gasteiger partial charge in [-0.3, -0.25) is 14.4 Å². The summed E-state index contributed by atoms with van der Waals surface area (Å²) < 4.78 is 6.48. The average molecular weight is 631 g/mol. The van der Waals surface area contributed by atoms with E-state index in [1.54, 1.807) is 23.1 Å². The van der Waals surface area contributed by atoms with E-state index in [2.05, 4.69) is 24.5 Å². The van der Waals surface area contributed by atoms with Crippen molar-refractivity contribution in [1.29, 1.82) is 0 Å². The summed E-state index contributed by atoms with van der Waals surface area (Å²) in [4.78, 5) is 43.7. The first-order chi connectivity index (χ1) is 20.1. The van der Waals surface area contributed by atoms with Crippen LogP contribution in [-0.4, -0.2) is 53.0 Å². The van der Waals surface area contributed by atoms with E-state index in [4.69, 9.17) is 39.5 Å². The molecule has 7 nitrogen and oxygen atoms in total. The standard InChI is InChI=1S/C32H34Cl3N3O4/c1-17-4-3-5-24(18(17)2)37-30(40)28-32-12-10-25(42-32)26(29(39)36-23-15-21(34)14-22(35)16-23)27(32)31(41)38(28)13-11-19-6-8-20(33)9-7-19/h6-10,12,14-18,24-28H,3-5,11,13H2,1-2H3,(H,36,39)(H,37,40)/t17-,18-,24+,25+,26+,27+,28+,32+/m1/s1. The van der Waals surface area contributed by atoms with Crippen LogP contribution in [0.25, 0.3) is 0 Å². The highest BCUT2D eigenvalue weighted by atomic mass is 35.5. The zero-order valence-corrected chi connectivity index (χ0v) is 25.8. The van der Waals surface area contributed by atoms with E-state index in [1.165, 1.54) is 0 Å². The normalized spacial score (nSPS) is 33.1. The molecule has 0 unspecified atom stereocenters. The maximum Gasteiger partial charge on any atom is 0.246 e. The second-order valence-corrected chi connectivity index (χ2v) is 13.4. The number of halogens is 3. The molecule has 0 aromatic heterocycles. The van der Waals surface area contributed by atoms with E-state index < -0.39 is 29.6 Å². The van der Waals surface area contributed by atoms with Crippen LogP contribution >= 0.6 is 34.8 Å². The smallest absolute Gasteiger partial charge is 0.246 e. The van der Waals surface area contributed by atoms with Crippen LogP contribution in [0.3, 0.4) is 0 Å². The number of fused-ring (bicyclic) bond motifs is 1. The summed E-state index contributed by atoms with van der Waals surface area (Å²) in [6, 6.07) is 11.3. The van der Waals surface area contributed by atoms with Crippen LogP contribution in [-0.2, 0) is 25.5 Å². The van der Waals surface area contributed by atoms with Crippen molar-refractivity contribution in [3.05, 3.63) is 75.2 Å². The predicted molar refractivity (Wildman–Crippen MR) is 164 cm³/mol. The lowest BCUT2D eigenvalue weighted by molar-refractivity contribution is -0.141. The first-order valence-corrected chi connectivity index (χ1v) is 15.7. The molecule has 3 heterocycles. The van der Waals surface area contributed by atoms with E-state index >= 15 is 0 Å². The number of rotatable bonds is 7. The minimum absolute atomic E-state index is 0.0131. The highest BCUT2D eigenvalue weighted by Crippen LogP contribution is 2.55. The predicted octanol–water partition coefficient (Wildman–Crippen LogP) is 5.92. The molecule has 2 N–H and O–H groups in total. The van der Waals surface area contributed by atoms with E-state index in [0.29, 0.717) is 45.6 Å². The summed E-state index contributed by atoms with van der Waals surface area (Å²) in [5, 5.41) is 7.55. The molecule has 1 spiro atoms. The third-order valence-corrected chi connectivity index (χ3v) is 10.3. The highest BCUT2D eigenvalue weighted by molar-refractivity contribution is 6.35. The minimum Gasteiger partial charge on any atom is -0.359 e. The summed E-state index contributed by atoms with van der Waals surface area (Å²) in [6.45, 7) is 4.69. The molecule has 222 valence electrons. The Bertz CT molecular complexity index is 1410.